The van der Waals surface area contributed by atoms with E-state index >= 15 is 0 Å². The van der Waals surface area contributed by atoms with E-state index in [1.165, 1.54) is 23.1 Å². The largest absolute Gasteiger partial charge is 0.323 e. The zero-order valence-electron chi connectivity index (χ0n) is 10.5. The standard InChI is InChI=1S/C13H11N3O2S2/c1-13(11(18)16-12-14-6-7-19-12)10(17)15-8-4-2-3-5-9(8)20-13/h2-7H,1H3,(H,15,17)(H,14,16,18)/t13-/m0/s1. The Morgan fingerprint density at radius 3 is 2.95 bits per heavy atom. The number of carbonyl (C=O) groups excluding carboxylic acids is 2. The summed E-state index contributed by atoms with van der Waals surface area (Å²) in [5.41, 5.74) is 0.738. The number of hydrogen-bond acceptors (Lipinski definition) is 5. The summed E-state index contributed by atoms with van der Waals surface area (Å²) in [4.78, 5) is 29.5. The van der Waals surface area contributed by atoms with Crippen molar-refractivity contribution in [2.24, 2.45) is 0 Å². The third kappa shape index (κ3) is 2.19. The van der Waals surface area contributed by atoms with E-state index in [-0.39, 0.29) is 11.8 Å². The van der Waals surface area contributed by atoms with Gasteiger partial charge in [0.2, 0.25) is 5.91 Å². The molecule has 0 saturated carbocycles. The lowest BCUT2D eigenvalue weighted by Crippen LogP contribution is -2.49. The third-order valence-electron chi connectivity index (χ3n) is 2.97. The molecule has 2 heterocycles. The third-order valence-corrected chi connectivity index (χ3v) is 5.01. The first kappa shape index (κ1) is 13.1. The van der Waals surface area contributed by atoms with Crippen LogP contribution in [0.5, 0.6) is 0 Å². The van der Waals surface area contributed by atoms with Gasteiger partial charge in [0.15, 0.2) is 9.88 Å². The Hall–Kier alpha value is -1.86. The highest BCUT2D eigenvalue weighted by molar-refractivity contribution is 8.02. The number of thiazole rings is 1. The molecule has 20 heavy (non-hydrogen) atoms. The summed E-state index contributed by atoms with van der Waals surface area (Å²) in [5, 5.41) is 7.71. The van der Waals surface area contributed by atoms with E-state index in [2.05, 4.69) is 15.6 Å². The van der Waals surface area contributed by atoms with Crippen molar-refractivity contribution >= 4 is 45.7 Å². The molecule has 2 N–H and O–H groups in total. The molecule has 2 amide bonds. The minimum absolute atomic E-state index is 0.324. The van der Waals surface area contributed by atoms with Gasteiger partial charge in [-0.05, 0) is 19.1 Å². The molecule has 1 aromatic heterocycles. The number of anilines is 2. The molecular formula is C13H11N3O2S2. The van der Waals surface area contributed by atoms with Crippen LogP contribution in [-0.2, 0) is 9.59 Å². The fourth-order valence-electron chi connectivity index (χ4n) is 1.82. The molecule has 0 spiro atoms. The molecule has 7 heteroatoms. The van der Waals surface area contributed by atoms with Gasteiger partial charge in [0, 0.05) is 16.5 Å². The molecular weight excluding hydrogens is 294 g/mol. The number of carbonyl (C=O) groups is 2. The first-order valence-electron chi connectivity index (χ1n) is 5.90. The van der Waals surface area contributed by atoms with Gasteiger partial charge in [0.1, 0.15) is 0 Å². The van der Waals surface area contributed by atoms with E-state index in [0.29, 0.717) is 5.13 Å². The van der Waals surface area contributed by atoms with Gasteiger partial charge in [-0.3, -0.25) is 9.59 Å². The summed E-state index contributed by atoms with van der Waals surface area (Å²) in [7, 11) is 0. The van der Waals surface area contributed by atoms with Crippen LogP contribution in [-0.4, -0.2) is 21.5 Å². The molecule has 102 valence electrons. The molecule has 3 rings (SSSR count). The topological polar surface area (TPSA) is 71.1 Å². The van der Waals surface area contributed by atoms with Gasteiger partial charge in [0.05, 0.1) is 5.69 Å². The smallest absolute Gasteiger partial charge is 0.252 e. The minimum Gasteiger partial charge on any atom is -0.323 e. The van der Waals surface area contributed by atoms with E-state index < -0.39 is 4.75 Å². The Balaban J connectivity index is 1.88. The minimum atomic E-state index is -1.21. The number of amides is 2. The maximum atomic E-state index is 12.4. The molecule has 1 atom stereocenters. The number of thioether (sulfide) groups is 1. The van der Waals surface area contributed by atoms with Crippen LogP contribution in [0.1, 0.15) is 6.92 Å². The molecule has 0 radical (unpaired) electrons. The van der Waals surface area contributed by atoms with E-state index in [4.69, 9.17) is 0 Å². The van der Waals surface area contributed by atoms with Crippen molar-refractivity contribution in [3.8, 4) is 0 Å². The molecule has 5 nitrogen and oxygen atoms in total. The second-order valence-electron chi connectivity index (χ2n) is 4.38. The first-order valence-corrected chi connectivity index (χ1v) is 7.59. The summed E-state index contributed by atoms with van der Waals surface area (Å²) in [6.45, 7) is 1.62. The zero-order chi connectivity index (χ0) is 14.2. The predicted octanol–water partition coefficient (Wildman–Crippen LogP) is 2.58. The first-order chi connectivity index (χ1) is 9.59. The van der Waals surface area contributed by atoms with Gasteiger partial charge in [-0.2, -0.15) is 0 Å². The predicted molar refractivity (Wildman–Crippen MR) is 80.1 cm³/mol. The molecule has 0 aliphatic carbocycles. The Labute approximate surface area is 123 Å². The van der Waals surface area contributed by atoms with Gasteiger partial charge in [-0.15, -0.1) is 11.3 Å². The second kappa shape index (κ2) is 4.92. The summed E-state index contributed by atoms with van der Waals surface area (Å²) >= 11 is 2.57. The SMILES string of the molecule is C[C@]1(C(=O)Nc2nccs2)Sc2ccccc2NC1=O. The average molecular weight is 305 g/mol. The summed E-state index contributed by atoms with van der Waals surface area (Å²) in [5.74, 6) is -0.695. The Bertz CT molecular complexity index is 672. The van der Waals surface area contributed by atoms with E-state index in [1.807, 2.05) is 24.3 Å². The Kier molecular flexibility index (Phi) is 3.23. The number of hydrogen-bond donors (Lipinski definition) is 2. The number of nitrogens with one attached hydrogen (secondary N) is 2. The van der Waals surface area contributed by atoms with Crippen LogP contribution < -0.4 is 10.6 Å². The van der Waals surface area contributed by atoms with Gasteiger partial charge in [-0.25, -0.2) is 4.98 Å². The zero-order valence-corrected chi connectivity index (χ0v) is 12.2. The van der Waals surface area contributed by atoms with Gasteiger partial charge in [-0.1, -0.05) is 23.9 Å². The van der Waals surface area contributed by atoms with Crippen LogP contribution in [0, 0.1) is 0 Å². The van der Waals surface area contributed by atoms with E-state index in [0.717, 1.165) is 10.6 Å². The highest BCUT2D eigenvalue weighted by Gasteiger charge is 2.46. The van der Waals surface area contributed by atoms with Crippen LogP contribution >= 0.6 is 23.1 Å². The Morgan fingerprint density at radius 1 is 1.40 bits per heavy atom. The maximum Gasteiger partial charge on any atom is 0.252 e. The number of aromatic nitrogens is 1. The average Bonchev–Trinajstić information content (AvgIpc) is 2.93. The number of para-hydroxylation sites is 1. The number of benzene rings is 1. The van der Waals surface area contributed by atoms with Crippen LogP contribution in [0.15, 0.2) is 40.7 Å². The van der Waals surface area contributed by atoms with Gasteiger partial charge < -0.3 is 10.6 Å². The number of nitrogens with zero attached hydrogens (tertiary/aromatic N) is 1. The highest BCUT2D eigenvalue weighted by atomic mass is 32.2. The lowest BCUT2D eigenvalue weighted by Gasteiger charge is -2.31. The maximum absolute atomic E-state index is 12.4. The van der Waals surface area contributed by atoms with Gasteiger partial charge >= 0.3 is 0 Å². The molecule has 0 fully saturated rings. The molecule has 1 aliphatic rings. The molecule has 0 bridgehead atoms. The van der Waals surface area contributed by atoms with Gasteiger partial charge in [0.25, 0.3) is 5.91 Å². The highest BCUT2D eigenvalue weighted by Crippen LogP contribution is 2.42. The van der Waals surface area contributed by atoms with E-state index in [1.54, 1.807) is 18.5 Å². The molecule has 0 saturated heterocycles. The van der Waals surface area contributed by atoms with Crippen molar-refractivity contribution in [1.82, 2.24) is 4.98 Å². The summed E-state index contributed by atoms with van der Waals surface area (Å²) in [6, 6.07) is 7.42. The van der Waals surface area contributed by atoms with Crippen molar-refractivity contribution in [2.45, 2.75) is 16.6 Å². The fraction of sp³-hybridized carbons (Fsp3) is 0.154. The molecule has 2 aromatic rings. The quantitative estimate of drug-likeness (QED) is 0.837. The van der Waals surface area contributed by atoms with Crippen LogP contribution in [0.4, 0.5) is 10.8 Å². The van der Waals surface area contributed by atoms with Crippen LogP contribution in [0.25, 0.3) is 0 Å². The van der Waals surface area contributed by atoms with Crippen LogP contribution in [0.3, 0.4) is 0 Å². The van der Waals surface area contributed by atoms with Crippen molar-refractivity contribution in [1.29, 1.82) is 0 Å². The van der Waals surface area contributed by atoms with Crippen molar-refractivity contribution in [3.05, 3.63) is 35.8 Å². The van der Waals surface area contributed by atoms with Crippen molar-refractivity contribution in [3.63, 3.8) is 0 Å². The van der Waals surface area contributed by atoms with Crippen molar-refractivity contribution in [2.75, 3.05) is 10.6 Å². The molecule has 1 aromatic carbocycles. The fourth-order valence-corrected chi connectivity index (χ4v) is 3.44. The second-order valence-corrected chi connectivity index (χ2v) is 6.73. The molecule has 0 unspecified atom stereocenters. The monoisotopic (exact) mass is 305 g/mol. The summed E-state index contributed by atoms with van der Waals surface area (Å²) < 4.78 is -1.21. The Morgan fingerprint density at radius 2 is 2.20 bits per heavy atom. The summed E-state index contributed by atoms with van der Waals surface area (Å²) in [6.07, 6.45) is 1.60. The number of rotatable bonds is 2. The van der Waals surface area contributed by atoms with Crippen LogP contribution in [0.2, 0.25) is 0 Å². The van der Waals surface area contributed by atoms with E-state index in [9.17, 15) is 9.59 Å². The van der Waals surface area contributed by atoms with Crippen molar-refractivity contribution < 1.29 is 9.59 Å². The normalized spacial score (nSPS) is 20.9. The molecule has 1 aliphatic heterocycles. The lowest BCUT2D eigenvalue weighted by molar-refractivity contribution is -0.126. The number of fused-ring (bicyclic) bond motifs is 1. The lowest BCUT2D eigenvalue weighted by atomic mass is 10.1.